The first kappa shape index (κ1) is 12.8. The van der Waals surface area contributed by atoms with Crippen LogP contribution in [0.5, 0.6) is 0 Å². The zero-order valence-electron chi connectivity index (χ0n) is 8.97. The molecule has 94 valence electrons. The highest BCUT2D eigenvalue weighted by Crippen LogP contribution is 2.33. The first-order chi connectivity index (χ1) is 8.02. The molecule has 1 heterocycles. The molecule has 0 bridgehead atoms. The number of aromatic nitrogens is 2. The van der Waals surface area contributed by atoms with E-state index < -0.39 is 17.4 Å². The van der Waals surface area contributed by atoms with Crippen LogP contribution in [0, 0.1) is 9.49 Å². The molecule has 0 aromatic carbocycles. The van der Waals surface area contributed by atoms with Crippen LogP contribution >= 0.6 is 22.6 Å². The number of nitrogens with zero attached hydrogens (tertiary/aromatic N) is 1. The summed E-state index contributed by atoms with van der Waals surface area (Å²) < 4.78 is 1.87. The Kier molecular flexibility index (Phi) is 3.69. The van der Waals surface area contributed by atoms with Crippen molar-refractivity contribution in [3.63, 3.8) is 0 Å². The molecule has 0 radical (unpaired) electrons. The average molecular weight is 352 g/mol. The Morgan fingerprint density at radius 2 is 2.18 bits per heavy atom. The minimum absolute atomic E-state index is 0.0904. The number of hydrogen-bond acceptors (Lipinski definition) is 4. The zero-order chi connectivity index (χ0) is 12.6. The second-order valence-corrected chi connectivity index (χ2v) is 5.44. The molecule has 1 fully saturated rings. The van der Waals surface area contributed by atoms with Gasteiger partial charge in [-0.05, 0) is 35.4 Å². The molecule has 1 unspecified atom stereocenters. The van der Waals surface area contributed by atoms with E-state index in [2.05, 4.69) is 4.98 Å². The van der Waals surface area contributed by atoms with Gasteiger partial charge in [0.25, 0.3) is 5.56 Å². The fourth-order valence-electron chi connectivity index (χ4n) is 2.23. The lowest BCUT2D eigenvalue weighted by molar-refractivity contribution is 0.0906. The number of aromatic amines is 1. The highest BCUT2D eigenvalue weighted by Gasteiger charge is 2.34. The van der Waals surface area contributed by atoms with E-state index in [4.69, 9.17) is 5.11 Å². The molecule has 0 aliphatic heterocycles. The van der Waals surface area contributed by atoms with Gasteiger partial charge in [-0.1, -0.05) is 0 Å². The van der Waals surface area contributed by atoms with E-state index >= 15 is 0 Å². The average Bonchev–Trinajstić information content (AvgIpc) is 2.65. The molecule has 6 nitrogen and oxygen atoms in total. The first-order valence-electron chi connectivity index (χ1n) is 5.32. The van der Waals surface area contributed by atoms with Crippen LogP contribution in [0.25, 0.3) is 0 Å². The van der Waals surface area contributed by atoms with Crippen LogP contribution in [-0.2, 0) is 0 Å². The van der Waals surface area contributed by atoms with Crippen molar-refractivity contribution in [1.82, 2.24) is 9.55 Å². The lowest BCUT2D eigenvalue weighted by Crippen LogP contribution is -2.33. The predicted octanol–water partition coefficient (Wildman–Crippen LogP) is -0.554. The third-order valence-electron chi connectivity index (χ3n) is 3.18. The summed E-state index contributed by atoms with van der Waals surface area (Å²) in [4.78, 5) is 25.1. The van der Waals surface area contributed by atoms with Gasteiger partial charge in [-0.15, -0.1) is 0 Å². The molecule has 0 amide bonds. The quantitative estimate of drug-likeness (QED) is 0.623. The summed E-state index contributed by atoms with van der Waals surface area (Å²) >= 11 is 1.86. The Morgan fingerprint density at radius 1 is 1.47 bits per heavy atom. The van der Waals surface area contributed by atoms with Gasteiger partial charge in [0.2, 0.25) is 0 Å². The van der Waals surface area contributed by atoms with Crippen molar-refractivity contribution in [1.29, 1.82) is 0 Å². The Morgan fingerprint density at radius 3 is 2.76 bits per heavy atom. The summed E-state index contributed by atoms with van der Waals surface area (Å²) in [5.41, 5.74) is -0.865. The third-order valence-corrected chi connectivity index (χ3v) is 3.95. The van der Waals surface area contributed by atoms with Crippen LogP contribution in [-0.4, -0.2) is 32.5 Å². The van der Waals surface area contributed by atoms with Gasteiger partial charge < -0.3 is 10.2 Å². The molecular weight excluding hydrogens is 339 g/mol. The van der Waals surface area contributed by atoms with Crippen molar-refractivity contribution < 1.29 is 10.2 Å². The molecule has 1 aliphatic carbocycles. The van der Waals surface area contributed by atoms with Gasteiger partial charge >= 0.3 is 5.69 Å². The smallest absolute Gasteiger partial charge is 0.328 e. The lowest BCUT2D eigenvalue weighted by Gasteiger charge is -2.13. The molecule has 1 saturated carbocycles. The second kappa shape index (κ2) is 4.91. The molecule has 0 saturated heterocycles. The maximum absolute atomic E-state index is 11.6. The maximum atomic E-state index is 11.6. The minimum atomic E-state index is -0.596. The van der Waals surface area contributed by atoms with Gasteiger partial charge in [-0.25, -0.2) is 4.79 Å². The van der Waals surface area contributed by atoms with E-state index in [1.54, 1.807) is 0 Å². The fourth-order valence-corrected chi connectivity index (χ4v) is 2.66. The van der Waals surface area contributed by atoms with E-state index in [0.717, 1.165) is 0 Å². The fraction of sp³-hybridized carbons (Fsp3) is 0.600. The molecule has 2 rings (SSSR count). The second-order valence-electron chi connectivity index (χ2n) is 4.28. The Labute approximate surface area is 110 Å². The lowest BCUT2D eigenvalue weighted by atomic mass is 10.1. The maximum Gasteiger partial charge on any atom is 0.328 e. The van der Waals surface area contributed by atoms with Crippen molar-refractivity contribution in [2.75, 3.05) is 6.61 Å². The summed E-state index contributed by atoms with van der Waals surface area (Å²) in [5, 5.41) is 18.7. The molecule has 3 N–H and O–H groups in total. The monoisotopic (exact) mass is 352 g/mol. The van der Waals surface area contributed by atoms with Gasteiger partial charge in [-0.2, -0.15) is 0 Å². The van der Waals surface area contributed by atoms with E-state index in [0.29, 0.717) is 16.4 Å². The number of aliphatic hydroxyl groups excluding tert-OH is 2. The largest absolute Gasteiger partial charge is 0.396 e. The topological polar surface area (TPSA) is 95.3 Å². The minimum Gasteiger partial charge on any atom is -0.396 e. The molecule has 7 heteroatoms. The summed E-state index contributed by atoms with van der Waals surface area (Å²) in [5.74, 6) is -0.198. The standard InChI is InChI=1S/C10H13IN2O4/c11-7-3-13(10(17)12-9(7)16)6-1-5(4-14)8(15)2-6/h3,5-6,8,14-15H,1-2,4H2,(H,12,16,17)/t5-,6?,8-/m1/s1. The van der Waals surface area contributed by atoms with E-state index in [-0.39, 0.29) is 18.6 Å². The van der Waals surface area contributed by atoms with Crippen LogP contribution < -0.4 is 11.2 Å². The van der Waals surface area contributed by atoms with Gasteiger partial charge in [0.05, 0.1) is 9.67 Å². The van der Waals surface area contributed by atoms with Crippen LogP contribution in [0.2, 0.25) is 0 Å². The number of hydrogen-bond donors (Lipinski definition) is 3. The number of H-pyrrole nitrogens is 1. The van der Waals surface area contributed by atoms with Crippen molar-refractivity contribution in [3.05, 3.63) is 30.6 Å². The van der Waals surface area contributed by atoms with Crippen LogP contribution in [0.3, 0.4) is 0 Å². The molecule has 0 spiro atoms. The third kappa shape index (κ3) is 2.45. The predicted molar refractivity (Wildman–Crippen MR) is 68.9 cm³/mol. The SMILES string of the molecule is O=c1[nH]c(=O)n(C2C[C@H](CO)[C@H](O)C2)cc1I. The van der Waals surface area contributed by atoms with E-state index in [9.17, 15) is 14.7 Å². The van der Waals surface area contributed by atoms with Crippen molar-refractivity contribution in [3.8, 4) is 0 Å². The first-order valence-corrected chi connectivity index (χ1v) is 6.40. The van der Waals surface area contributed by atoms with Gasteiger partial charge in [-0.3, -0.25) is 14.3 Å². The van der Waals surface area contributed by atoms with Crippen LogP contribution in [0.15, 0.2) is 15.8 Å². The molecule has 1 aliphatic rings. The van der Waals surface area contributed by atoms with Gasteiger partial charge in [0.15, 0.2) is 0 Å². The van der Waals surface area contributed by atoms with Crippen molar-refractivity contribution >= 4 is 22.6 Å². The summed E-state index contributed by atoms with van der Waals surface area (Å²) in [6.07, 6.45) is 1.87. The Hall–Kier alpha value is -0.670. The van der Waals surface area contributed by atoms with E-state index in [1.165, 1.54) is 10.8 Å². The molecule has 3 atom stereocenters. The highest BCUT2D eigenvalue weighted by molar-refractivity contribution is 14.1. The van der Waals surface area contributed by atoms with Crippen molar-refractivity contribution in [2.24, 2.45) is 5.92 Å². The number of rotatable bonds is 2. The number of aliphatic hydroxyl groups is 2. The van der Waals surface area contributed by atoms with Gasteiger partial charge in [0.1, 0.15) is 0 Å². The molecular formula is C10H13IN2O4. The van der Waals surface area contributed by atoms with Crippen LogP contribution in [0.4, 0.5) is 0 Å². The summed E-state index contributed by atoms with van der Waals surface area (Å²) in [7, 11) is 0. The number of nitrogens with one attached hydrogen (secondary N) is 1. The zero-order valence-corrected chi connectivity index (χ0v) is 11.1. The Bertz CT molecular complexity index is 524. The molecule has 1 aromatic heterocycles. The normalized spacial score (nSPS) is 28.5. The number of halogens is 1. The summed E-state index contributed by atoms with van der Waals surface area (Å²) in [6.45, 7) is -0.0904. The van der Waals surface area contributed by atoms with Crippen LogP contribution in [0.1, 0.15) is 18.9 Å². The van der Waals surface area contributed by atoms with Gasteiger partial charge in [0, 0.05) is 24.8 Å². The summed E-state index contributed by atoms with van der Waals surface area (Å²) in [6, 6.07) is -0.167. The molecule has 1 aromatic rings. The van der Waals surface area contributed by atoms with Crippen molar-refractivity contribution in [2.45, 2.75) is 25.0 Å². The van der Waals surface area contributed by atoms with E-state index in [1.807, 2.05) is 22.6 Å². The highest BCUT2D eigenvalue weighted by atomic mass is 127. The Balaban J connectivity index is 2.34. The molecule has 17 heavy (non-hydrogen) atoms.